The molecule has 0 N–H and O–H groups in total. The van der Waals surface area contributed by atoms with Crippen LogP contribution in [0.3, 0.4) is 0 Å². The number of hydrogen-bond donors (Lipinski definition) is 0. The number of pyridine rings is 1. The molecule has 0 saturated carbocycles. The second kappa shape index (κ2) is 7.79. The zero-order chi connectivity index (χ0) is 19.7. The number of benzene rings is 1. The lowest BCUT2D eigenvalue weighted by Crippen LogP contribution is -2.39. The lowest BCUT2D eigenvalue weighted by atomic mass is 10.00. The van der Waals surface area contributed by atoms with E-state index in [9.17, 15) is 8.42 Å². The molecule has 7 nitrogen and oxygen atoms in total. The third kappa shape index (κ3) is 3.77. The predicted molar refractivity (Wildman–Crippen MR) is 105 cm³/mol. The molecule has 1 aliphatic rings. The maximum atomic E-state index is 13.0. The minimum absolute atomic E-state index is 0.115. The number of hydrogen-bond acceptors (Lipinski definition) is 6. The molecule has 146 valence electrons. The second-order valence-electron chi connectivity index (χ2n) is 6.47. The van der Waals surface area contributed by atoms with E-state index < -0.39 is 10.0 Å². The van der Waals surface area contributed by atoms with Gasteiger partial charge in [-0.25, -0.2) is 8.42 Å². The zero-order valence-electron chi connectivity index (χ0n) is 14.6. The standard InChI is InChI=1S/C18H16Cl2N4O3S/c19-15-6-5-14(9-16(15)20)28(25,26)24-8-2-4-13(11-24)18-23-22-17(27-18)12-3-1-7-21-10-12/h1,3,5-7,9-10,13H,2,4,8,11H2/t13-/m0/s1. The first-order valence-electron chi connectivity index (χ1n) is 8.64. The van der Waals surface area contributed by atoms with Gasteiger partial charge in [0, 0.05) is 25.5 Å². The van der Waals surface area contributed by atoms with Crippen LogP contribution in [0.1, 0.15) is 24.7 Å². The van der Waals surface area contributed by atoms with Crippen LogP contribution in [0, 0.1) is 0 Å². The van der Waals surface area contributed by atoms with Crippen LogP contribution in [0.5, 0.6) is 0 Å². The average molecular weight is 439 g/mol. The monoisotopic (exact) mass is 438 g/mol. The molecule has 3 heterocycles. The number of aromatic nitrogens is 3. The van der Waals surface area contributed by atoms with Gasteiger partial charge in [0.25, 0.3) is 0 Å². The molecule has 0 aliphatic carbocycles. The van der Waals surface area contributed by atoms with Crippen molar-refractivity contribution in [2.24, 2.45) is 0 Å². The maximum Gasteiger partial charge on any atom is 0.249 e. The first-order valence-corrected chi connectivity index (χ1v) is 10.8. The smallest absolute Gasteiger partial charge is 0.249 e. The van der Waals surface area contributed by atoms with Gasteiger partial charge in [0.15, 0.2) is 0 Å². The largest absolute Gasteiger partial charge is 0.420 e. The van der Waals surface area contributed by atoms with Gasteiger partial charge in [-0.1, -0.05) is 23.2 Å². The van der Waals surface area contributed by atoms with E-state index >= 15 is 0 Å². The van der Waals surface area contributed by atoms with Crippen molar-refractivity contribution >= 4 is 33.2 Å². The van der Waals surface area contributed by atoms with Crippen molar-refractivity contribution < 1.29 is 12.8 Å². The summed E-state index contributed by atoms with van der Waals surface area (Å²) in [4.78, 5) is 4.15. The van der Waals surface area contributed by atoms with Gasteiger partial charge in [-0.05, 0) is 43.2 Å². The van der Waals surface area contributed by atoms with Crippen LogP contribution in [-0.4, -0.2) is 41.0 Å². The first kappa shape index (κ1) is 19.3. The Bertz CT molecular complexity index is 1090. The van der Waals surface area contributed by atoms with Crippen molar-refractivity contribution in [3.05, 3.63) is 58.7 Å². The van der Waals surface area contributed by atoms with E-state index in [0.717, 1.165) is 12.0 Å². The van der Waals surface area contributed by atoms with Crippen LogP contribution in [0.25, 0.3) is 11.5 Å². The Morgan fingerprint density at radius 2 is 2.00 bits per heavy atom. The third-order valence-corrected chi connectivity index (χ3v) is 7.21. The SMILES string of the molecule is O=S(=O)(c1ccc(Cl)c(Cl)c1)N1CCC[C@H](c2nnc(-c3cccnc3)o2)C1. The molecule has 0 unspecified atom stereocenters. The highest BCUT2D eigenvalue weighted by atomic mass is 35.5. The predicted octanol–water partition coefficient (Wildman–Crippen LogP) is 4.01. The van der Waals surface area contributed by atoms with Crippen molar-refractivity contribution in [1.82, 2.24) is 19.5 Å². The van der Waals surface area contributed by atoms with Gasteiger partial charge in [-0.2, -0.15) is 4.31 Å². The summed E-state index contributed by atoms with van der Waals surface area (Å²) in [5, 5.41) is 8.71. The number of piperidine rings is 1. The average Bonchev–Trinajstić information content (AvgIpc) is 3.21. The molecule has 0 amide bonds. The van der Waals surface area contributed by atoms with E-state index in [2.05, 4.69) is 15.2 Å². The molecule has 0 radical (unpaired) electrons. The maximum absolute atomic E-state index is 13.0. The highest BCUT2D eigenvalue weighted by Crippen LogP contribution is 2.32. The van der Waals surface area contributed by atoms with Gasteiger partial charge in [0.2, 0.25) is 21.8 Å². The molecule has 3 aromatic rings. The van der Waals surface area contributed by atoms with E-state index in [1.165, 1.54) is 22.5 Å². The Hall–Kier alpha value is -2.00. The second-order valence-corrected chi connectivity index (χ2v) is 9.22. The minimum atomic E-state index is -3.70. The van der Waals surface area contributed by atoms with Gasteiger partial charge in [0.1, 0.15) is 0 Å². The zero-order valence-corrected chi connectivity index (χ0v) is 17.0. The number of sulfonamides is 1. The molecule has 1 fully saturated rings. The summed E-state index contributed by atoms with van der Waals surface area (Å²) in [7, 11) is -3.70. The number of nitrogens with zero attached hydrogens (tertiary/aromatic N) is 4. The Labute approximate surface area is 172 Å². The summed E-state index contributed by atoms with van der Waals surface area (Å²) >= 11 is 11.9. The van der Waals surface area contributed by atoms with Gasteiger partial charge >= 0.3 is 0 Å². The molecule has 4 rings (SSSR count). The molecule has 0 bridgehead atoms. The quantitative estimate of drug-likeness (QED) is 0.611. The van der Waals surface area contributed by atoms with Crippen LogP contribution in [0.15, 0.2) is 52.0 Å². The Morgan fingerprint density at radius 3 is 2.75 bits per heavy atom. The van der Waals surface area contributed by atoms with Gasteiger partial charge < -0.3 is 4.42 Å². The van der Waals surface area contributed by atoms with Gasteiger partial charge in [-0.3, -0.25) is 4.98 Å². The number of rotatable bonds is 4. The van der Waals surface area contributed by atoms with Crippen LogP contribution in [0.4, 0.5) is 0 Å². The fourth-order valence-electron chi connectivity index (χ4n) is 3.15. The van der Waals surface area contributed by atoms with Crippen molar-refractivity contribution in [3.8, 4) is 11.5 Å². The summed E-state index contributed by atoms with van der Waals surface area (Å²) < 4.78 is 33.2. The summed E-state index contributed by atoms with van der Waals surface area (Å²) in [5.74, 6) is 0.615. The molecule has 10 heteroatoms. The molecule has 28 heavy (non-hydrogen) atoms. The van der Waals surface area contributed by atoms with E-state index in [4.69, 9.17) is 27.6 Å². The normalized spacial score (nSPS) is 18.3. The van der Waals surface area contributed by atoms with Crippen molar-refractivity contribution in [3.63, 3.8) is 0 Å². The van der Waals surface area contributed by atoms with Crippen molar-refractivity contribution in [1.29, 1.82) is 0 Å². The van der Waals surface area contributed by atoms with E-state index in [-0.39, 0.29) is 22.4 Å². The highest BCUT2D eigenvalue weighted by Gasteiger charge is 2.33. The minimum Gasteiger partial charge on any atom is -0.420 e. The summed E-state index contributed by atoms with van der Waals surface area (Å²) in [6.45, 7) is 0.680. The van der Waals surface area contributed by atoms with Crippen LogP contribution < -0.4 is 0 Å². The molecule has 1 saturated heterocycles. The lowest BCUT2D eigenvalue weighted by Gasteiger charge is -2.30. The molecular weight excluding hydrogens is 423 g/mol. The molecule has 1 aliphatic heterocycles. The first-order chi connectivity index (χ1) is 13.4. The van der Waals surface area contributed by atoms with E-state index in [1.54, 1.807) is 18.5 Å². The van der Waals surface area contributed by atoms with Crippen LogP contribution >= 0.6 is 23.2 Å². The van der Waals surface area contributed by atoms with Gasteiger partial charge in [-0.15, -0.1) is 10.2 Å². The van der Waals surface area contributed by atoms with Crippen molar-refractivity contribution in [2.75, 3.05) is 13.1 Å². The van der Waals surface area contributed by atoms with Crippen LogP contribution in [-0.2, 0) is 10.0 Å². The molecule has 0 spiro atoms. The highest BCUT2D eigenvalue weighted by molar-refractivity contribution is 7.89. The molecule has 1 atom stereocenters. The van der Waals surface area contributed by atoms with E-state index in [1.807, 2.05) is 6.07 Å². The van der Waals surface area contributed by atoms with Gasteiger partial charge in [0.05, 0.1) is 26.4 Å². The number of halogens is 2. The summed E-state index contributed by atoms with van der Waals surface area (Å²) in [6.07, 6.45) is 4.75. The lowest BCUT2D eigenvalue weighted by molar-refractivity contribution is 0.286. The molecule has 1 aromatic carbocycles. The van der Waals surface area contributed by atoms with E-state index in [0.29, 0.717) is 29.8 Å². The Kier molecular flexibility index (Phi) is 5.37. The Balaban J connectivity index is 1.56. The fourth-order valence-corrected chi connectivity index (χ4v) is 5.07. The summed E-state index contributed by atoms with van der Waals surface area (Å²) in [5.41, 5.74) is 0.720. The topological polar surface area (TPSA) is 89.2 Å². The van der Waals surface area contributed by atoms with Crippen LogP contribution in [0.2, 0.25) is 10.0 Å². The molecular formula is C18H16Cl2N4O3S. The van der Waals surface area contributed by atoms with Crippen molar-refractivity contribution in [2.45, 2.75) is 23.7 Å². The summed E-state index contributed by atoms with van der Waals surface area (Å²) in [6, 6.07) is 7.92. The third-order valence-electron chi connectivity index (χ3n) is 4.61. The molecule has 2 aromatic heterocycles. The fraction of sp³-hybridized carbons (Fsp3) is 0.278. The Morgan fingerprint density at radius 1 is 1.14 bits per heavy atom.